The van der Waals surface area contributed by atoms with Crippen LogP contribution in [0.1, 0.15) is 21.9 Å². The highest BCUT2D eigenvalue weighted by molar-refractivity contribution is 8.00. The molecule has 2 aliphatic rings. The number of nitrogens with one attached hydrogen (secondary N) is 1. The summed E-state index contributed by atoms with van der Waals surface area (Å²) in [5.74, 6) is -1.50. The molecule has 3 atom stereocenters. The summed E-state index contributed by atoms with van der Waals surface area (Å²) in [6, 6.07) is 26.0. The van der Waals surface area contributed by atoms with Gasteiger partial charge >= 0.3 is 4.87 Å². The van der Waals surface area contributed by atoms with Gasteiger partial charge in [-0.1, -0.05) is 83.3 Å². The minimum Gasteiger partial charge on any atom is -0.493 e. The van der Waals surface area contributed by atoms with Gasteiger partial charge in [-0.05, 0) is 48.2 Å². The van der Waals surface area contributed by atoms with Crippen LogP contribution in [0.25, 0.3) is 10.8 Å². The fourth-order valence-electron chi connectivity index (χ4n) is 6.28. The fraction of sp³-hybridized carbons (Fsp3) is 0.200. The Morgan fingerprint density at radius 2 is 1.61 bits per heavy atom. The van der Waals surface area contributed by atoms with E-state index in [0.29, 0.717) is 38.3 Å². The number of anilines is 2. The first kappa shape index (κ1) is 29.8. The van der Waals surface area contributed by atoms with Crippen LogP contribution >= 0.6 is 23.1 Å². The SMILES string of the molecule is COc1ccc([C@@H]2c3sc(=O)n(CC(=O)Nc4cccc5ccccc45)c3S[C@H]3C(=O)N(c4ccc(C)cc4)C(=O)[C@@H]23)cc1OC. The van der Waals surface area contributed by atoms with E-state index < -0.39 is 17.1 Å². The third-order valence-corrected chi connectivity index (χ3v) is 11.1. The Bertz CT molecular complexity index is 2080. The van der Waals surface area contributed by atoms with Crippen molar-refractivity contribution in [3.8, 4) is 11.5 Å². The van der Waals surface area contributed by atoms with E-state index in [-0.39, 0.29) is 29.1 Å². The first-order chi connectivity index (χ1) is 22.3. The van der Waals surface area contributed by atoms with E-state index in [1.165, 1.54) is 35.4 Å². The molecule has 1 fully saturated rings. The van der Waals surface area contributed by atoms with E-state index in [2.05, 4.69) is 5.32 Å². The van der Waals surface area contributed by atoms with Crippen LogP contribution in [-0.2, 0) is 20.9 Å². The number of fused-ring (bicyclic) bond motifs is 3. The Hall–Kier alpha value is -4.87. The molecule has 0 aliphatic carbocycles. The number of amides is 3. The number of thioether (sulfide) groups is 1. The Kier molecular flexibility index (Phi) is 7.66. The monoisotopic (exact) mass is 651 g/mol. The topological polar surface area (TPSA) is 107 Å². The highest BCUT2D eigenvalue weighted by Gasteiger charge is 2.57. The van der Waals surface area contributed by atoms with Gasteiger partial charge in [-0.2, -0.15) is 0 Å². The molecule has 11 heteroatoms. The number of carbonyl (C=O) groups is 3. The summed E-state index contributed by atoms with van der Waals surface area (Å²) in [5, 5.41) is 4.53. The van der Waals surface area contributed by atoms with Crippen LogP contribution in [0.15, 0.2) is 94.7 Å². The summed E-state index contributed by atoms with van der Waals surface area (Å²) in [7, 11) is 3.07. The second-order valence-electron chi connectivity index (χ2n) is 11.2. The lowest BCUT2D eigenvalue weighted by Crippen LogP contribution is -2.33. The Morgan fingerprint density at radius 3 is 2.37 bits per heavy atom. The average Bonchev–Trinajstić information content (AvgIpc) is 3.51. The maximum atomic E-state index is 14.2. The molecule has 0 radical (unpaired) electrons. The van der Waals surface area contributed by atoms with Crippen LogP contribution in [0.3, 0.4) is 0 Å². The predicted octanol–water partition coefficient (Wildman–Crippen LogP) is 5.82. The average molecular weight is 652 g/mol. The number of benzene rings is 4. The zero-order valence-electron chi connectivity index (χ0n) is 25.2. The molecule has 0 spiro atoms. The van der Waals surface area contributed by atoms with Crippen molar-refractivity contribution in [1.29, 1.82) is 0 Å². The maximum absolute atomic E-state index is 14.2. The van der Waals surface area contributed by atoms with Gasteiger partial charge in [-0.15, -0.1) is 0 Å². The van der Waals surface area contributed by atoms with Crippen molar-refractivity contribution in [2.24, 2.45) is 5.92 Å². The molecule has 5 aromatic rings. The lowest BCUT2D eigenvalue weighted by molar-refractivity contribution is -0.122. The molecular formula is C35H29N3O6S2. The van der Waals surface area contributed by atoms with Gasteiger partial charge in [-0.3, -0.25) is 23.7 Å². The molecule has 1 saturated heterocycles. The molecule has 0 saturated carbocycles. The van der Waals surface area contributed by atoms with Gasteiger partial charge < -0.3 is 14.8 Å². The van der Waals surface area contributed by atoms with Crippen LogP contribution in [0.2, 0.25) is 0 Å². The van der Waals surface area contributed by atoms with Crippen molar-refractivity contribution in [2.45, 2.75) is 29.7 Å². The summed E-state index contributed by atoms with van der Waals surface area (Å²) in [5.41, 5.74) is 2.85. The molecule has 2 aliphatic heterocycles. The van der Waals surface area contributed by atoms with Gasteiger partial charge in [0.1, 0.15) is 11.8 Å². The second-order valence-corrected chi connectivity index (χ2v) is 13.3. The van der Waals surface area contributed by atoms with Crippen LogP contribution in [0, 0.1) is 12.8 Å². The summed E-state index contributed by atoms with van der Waals surface area (Å²) < 4.78 is 12.4. The highest BCUT2D eigenvalue weighted by atomic mass is 32.2. The Labute approximate surface area is 272 Å². The minimum absolute atomic E-state index is 0.249. The molecule has 4 aromatic carbocycles. The minimum atomic E-state index is -0.805. The number of thiazole rings is 1. The summed E-state index contributed by atoms with van der Waals surface area (Å²) in [6.07, 6.45) is 0. The zero-order valence-corrected chi connectivity index (χ0v) is 26.8. The lowest BCUT2D eigenvalue weighted by atomic mass is 9.83. The molecule has 3 amide bonds. The van der Waals surface area contributed by atoms with Crippen molar-refractivity contribution >= 4 is 63.0 Å². The van der Waals surface area contributed by atoms with E-state index in [9.17, 15) is 19.2 Å². The van der Waals surface area contributed by atoms with Crippen molar-refractivity contribution in [3.63, 3.8) is 0 Å². The molecule has 1 N–H and O–H groups in total. The smallest absolute Gasteiger partial charge is 0.308 e. The molecule has 46 heavy (non-hydrogen) atoms. The molecule has 1 aromatic heterocycles. The summed E-state index contributed by atoms with van der Waals surface area (Å²) >= 11 is 2.18. The summed E-state index contributed by atoms with van der Waals surface area (Å²) in [4.78, 5) is 56.8. The van der Waals surface area contributed by atoms with Gasteiger partial charge in [0.25, 0.3) is 0 Å². The molecular weight excluding hydrogens is 623 g/mol. The van der Waals surface area contributed by atoms with Gasteiger partial charge in [0.05, 0.1) is 30.9 Å². The lowest BCUT2D eigenvalue weighted by Gasteiger charge is -2.31. The van der Waals surface area contributed by atoms with Crippen LogP contribution in [-0.4, -0.2) is 41.8 Å². The normalized spacial score (nSPS) is 18.8. The number of aryl methyl sites for hydroxylation is 1. The van der Waals surface area contributed by atoms with Gasteiger partial charge in [0, 0.05) is 21.9 Å². The van der Waals surface area contributed by atoms with Crippen LogP contribution in [0.5, 0.6) is 11.5 Å². The van der Waals surface area contributed by atoms with Gasteiger partial charge in [0.2, 0.25) is 17.7 Å². The summed E-state index contributed by atoms with van der Waals surface area (Å²) in [6.45, 7) is 1.69. The third kappa shape index (κ3) is 4.96. The van der Waals surface area contributed by atoms with E-state index in [1.54, 1.807) is 24.3 Å². The molecule has 0 bridgehead atoms. The number of hydrogen-bond donors (Lipinski definition) is 1. The first-order valence-corrected chi connectivity index (χ1v) is 16.3. The number of carbonyl (C=O) groups excluding carboxylic acids is 3. The highest BCUT2D eigenvalue weighted by Crippen LogP contribution is 2.54. The molecule has 232 valence electrons. The molecule has 0 unspecified atom stereocenters. The number of rotatable bonds is 7. The standard InChI is InChI=1S/C35H29N3O6S2/c1-19-11-14-22(15-12-19)38-32(40)29-28(21-13-16-25(43-2)26(17-21)44-3)31-34(45-30(29)33(38)41)37(35(42)46-31)18-27(39)36-24-10-6-8-20-7-4-5-9-23(20)24/h4-17,28-30H,18H2,1-3H3,(H,36,39)/t28-,29-,30+/m0/s1. The second kappa shape index (κ2) is 11.8. The Balaban J connectivity index is 1.30. The maximum Gasteiger partial charge on any atom is 0.308 e. The number of hydrogen-bond acceptors (Lipinski definition) is 8. The van der Waals surface area contributed by atoms with E-state index >= 15 is 0 Å². The third-order valence-electron chi connectivity index (χ3n) is 8.47. The fourth-order valence-corrected chi connectivity index (χ4v) is 9.05. The van der Waals surface area contributed by atoms with Crippen LogP contribution < -0.4 is 24.6 Å². The van der Waals surface area contributed by atoms with Crippen LogP contribution in [0.4, 0.5) is 11.4 Å². The molecule has 3 heterocycles. The number of nitrogens with zero attached hydrogens (tertiary/aromatic N) is 2. The van der Waals surface area contributed by atoms with Crippen molar-refractivity contribution < 1.29 is 23.9 Å². The van der Waals surface area contributed by atoms with E-state index in [1.807, 2.05) is 67.6 Å². The van der Waals surface area contributed by atoms with Crippen molar-refractivity contribution in [1.82, 2.24) is 4.57 Å². The van der Waals surface area contributed by atoms with Crippen molar-refractivity contribution in [2.75, 3.05) is 24.4 Å². The van der Waals surface area contributed by atoms with E-state index in [4.69, 9.17) is 9.47 Å². The van der Waals surface area contributed by atoms with Crippen molar-refractivity contribution in [3.05, 3.63) is 111 Å². The molecule has 7 rings (SSSR count). The zero-order chi connectivity index (χ0) is 32.1. The number of imide groups is 1. The number of ether oxygens (including phenoxy) is 2. The van der Waals surface area contributed by atoms with E-state index in [0.717, 1.165) is 27.7 Å². The quantitative estimate of drug-likeness (QED) is 0.221. The predicted molar refractivity (Wildman–Crippen MR) is 179 cm³/mol. The number of methoxy groups -OCH3 is 2. The van der Waals surface area contributed by atoms with Gasteiger partial charge in [0.15, 0.2) is 11.5 Å². The number of aromatic nitrogens is 1. The Morgan fingerprint density at radius 1 is 0.870 bits per heavy atom. The largest absolute Gasteiger partial charge is 0.493 e. The molecule has 9 nitrogen and oxygen atoms in total. The van der Waals surface area contributed by atoms with Gasteiger partial charge in [-0.25, -0.2) is 4.90 Å². The first-order valence-electron chi connectivity index (χ1n) is 14.6.